The van der Waals surface area contributed by atoms with E-state index in [9.17, 15) is 4.79 Å². The van der Waals surface area contributed by atoms with Crippen LogP contribution in [0.15, 0.2) is 24.3 Å². The SMILES string of the molecule is CCCN(C(=O)C(C)CN)C1CCc2ccccc2C1.Cl. The molecule has 0 saturated carbocycles. The monoisotopic (exact) mass is 310 g/mol. The van der Waals surface area contributed by atoms with Gasteiger partial charge in [0.05, 0.1) is 0 Å². The van der Waals surface area contributed by atoms with Gasteiger partial charge in [-0.2, -0.15) is 0 Å². The van der Waals surface area contributed by atoms with Crippen LogP contribution in [0.2, 0.25) is 0 Å². The highest BCUT2D eigenvalue weighted by Gasteiger charge is 2.28. The predicted octanol–water partition coefficient (Wildman–Crippen LogP) is 2.80. The number of hydrogen-bond acceptors (Lipinski definition) is 2. The highest BCUT2D eigenvalue weighted by Crippen LogP contribution is 2.25. The fraction of sp³-hybridized carbons (Fsp3) is 0.588. The van der Waals surface area contributed by atoms with E-state index < -0.39 is 0 Å². The number of amides is 1. The maximum absolute atomic E-state index is 12.5. The van der Waals surface area contributed by atoms with Crippen LogP contribution in [0.4, 0.5) is 0 Å². The summed E-state index contributed by atoms with van der Waals surface area (Å²) < 4.78 is 0. The quantitative estimate of drug-likeness (QED) is 0.909. The Balaban J connectivity index is 0.00000220. The largest absolute Gasteiger partial charge is 0.339 e. The maximum Gasteiger partial charge on any atom is 0.226 e. The van der Waals surface area contributed by atoms with Gasteiger partial charge in [0.25, 0.3) is 0 Å². The third kappa shape index (κ3) is 4.21. The van der Waals surface area contributed by atoms with Crippen LogP contribution in [0.5, 0.6) is 0 Å². The van der Waals surface area contributed by atoms with Crippen LogP contribution in [0.1, 0.15) is 37.8 Å². The number of carbonyl (C=O) groups is 1. The molecule has 0 bridgehead atoms. The second kappa shape index (κ2) is 8.40. The van der Waals surface area contributed by atoms with Crippen LogP contribution in [0.3, 0.4) is 0 Å². The molecule has 0 aliphatic heterocycles. The second-order valence-corrected chi connectivity index (χ2v) is 5.83. The van der Waals surface area contributed by atoms with Crippen LogP contribution >= 0.6 is 12.4 Å². The molecule has 1 aromatic carbocycles. The lowest BCUT2D eigenvalue weighted by molar-refractivity contribution is -0.137. The molecule has 2 N–H and O–H groups in total. The Bertz CT molecular complexity index is 464. The third-order valence-electron chi connectivity index (χ3n) is 4.28. The number of nitrogens with two attached hydrogens (primary N) is 1. The van der Waals surface area contributed by atoms with E-state index in [2.05, 4.69) is 36.1 Å². The lowest BCUT2D eigenvalue weighted by atomic mass is 9.87. The molecule has 1 aromatic rings. The zero-order chi connectivity index (χ0) is 14.5. The summed E-state index contributed by atoms with van der Waals surface area (Å²) in [7, 11) is 0. The summed E-state index contributed by atoms with van der Waals surface area (Å²) in [6.07, 6.45) is 4.13. The minimum Gasteiger partial charge on any atom is -0.339 e. The molecule has 118 valence electrons. The van der Waals surface area contributed by atoms with Gasteiger partial charge >= 0.3 is 0 Å². The zero-order valence-electron chi connectivity index (χ0n) is 13.0. The van der Waals surface area contributed by atoms with Gasteiger partial charge in [-0.1, -0.05) is 38.1 Å². The van der Waals surface area contributed by atoms with Gasteiger partial charge in [0.2, 0.25) is 5.91 Å². The Labute approximate surface area is 134 Å². The summed E-state index contributed by atoms with van der Waals surface area (Å²) in [5.74, 6) is 0.150. The molecule has 1 aliphatic rings. The van der Waals surface area contributed by atoms with Crippen molar-refractivity contribution in [3.63, 3.8) is 0 Å². The van der Waals surface area contributed by atoms with Crippen molar-refractivity contribution in [3.05, 3.63) is 35.4 Å². The zero-order valence-corrected chi connectivity index (χ0v) is 13.9. The fourth-order valence-corrected chi connectivity index (χ4v) is 3.04. The lowest BCUT2D eigenvalue weighted by Gasteiger charge is -2.36. The highest BCUT2D eigenvalue weighted by atomic mass is 35.5. The van der Waals surface area contributed by atoms with E-state index in [-0.39, 0.29) is 24.2 Å². The van der Waals surface area contributed by atoms with Gasteiger partial charge in [-0.25, -0.2) is 0 Å². The molecule has 0 saturated heterocycles. The molecule has 0 radical (unpaired) electrons. The van der Waals surface area contributed by atoms with Gasteiger partial charge in [-0.3, -0.25) is 4.79 Å². The number of carbonyl (C=O) groups excluding carboxylic acids is 1. The van der Waals surface area contributed by atoms with Gasteiger partial charge < -0.3 is 10.6 Å². The Hall–Kier alpha value is -1.06. The van der Waals surface area contributed by atoms with E-state index in [1.807, 2.05) is 6.92 Å². The molecule has 1 amide bonds. The van der Waals surface area contributed by atoms with E-state index in [0.717, 1.165) is 32.2 Å². The van der Waals surface area contributed by atoms with Crippen molar-refractivity contribution >= 4 is 18.3 Å². The molecule has 0 fully saturated rings. The van der Waals surface area contributed by atoms with Crippen molar-refractivity contribution in [2.45, 2.75) is 45.6 Å². The molecule has 3 nitrogen and oxygen atoms in total. The standard InChI is InChI=1S/C17H26N2O.ClH/c1-3-10-19(17(20)13(2)12-18)16-9-8-14-6-4-5-7-15(14)11-16;/h4-7,13,16H,3,8-12,18H2,1-2H3;1H. The van der Waals surface area contributed by atoms with Crippen LogP contribution in [-0.4, -0.2) is 29.9 Å². The molecule has 21 heavy (non-hydrogen) atoms. The number of hydrogen-bond donors (Lipinski definition) is 1. The van der Waals surface area contributed by atoms with Gasteiger partial charge in [-0.05, 0) is 36.8 Å². The van der Waals surface area contributed by atoms with E-state index in [1.54, 1.807) is 0 Å². The second-order valence-electron chi connectivity index (χ2n) is 5.83. The lowest BCUT2D eigenvalue weighted by Crippen LogP contribution is -2.47. The van der Waals surface area contributed by atoms with Crippen molar-refractivity contribution in [2.75, 3.05) is 13.1 Å². The summed E-state index contributed by atoms with van der Waals surface area (Å²) in [6.45, 7) is 5.34. The number of halogens is 1. The van der Waals surface area contributed by atoms with E-state index in [4.69, 9.17) is 5.73 Å². The van der Waals surface area contributed by atoms with Crippen LogP contribution in [0.25, 0.3) is 0 Å². The van der Waals surface area contributed by atoms with E-state index >= 15 is 0 Å². The summed E-state index contributed by atoms with van der Waals surface area (Å²) in [5, 5.41) is 0. The predicted molar refractivity (Wildman–Crippen MR) is 89.7 cm³/mol. The topological polar surface area (TPSA) is 46.3 Å². The molecular formula is C17H27ClN2O. The van der Waals surface area contributed by atoms with Crippen molar-refractivity contribution in [1.82, 2.24) is 4.90 Å². The Morgan fingerprint density at radius 2 is 2.05 bits per heavy atom. The molecule has 0 heterocycles. The van der Waals surface area contributed by atoms with Crippen LogP contribution in [0, 0.1) is 5.92 Å². The average Bonchev–Trinajstić information content (AvgIpc) is 2.50. The first-order valence-corrected chi connectivity index (χ1v) is 7.74. The Morgan fingerprint density at radius 3 is 2.67 bits per heavy atom. The Kier molecular flexibility index (Phi) is 7.20. The molecule has 0 aromatic heterocycles. The number of rotatable bonds is 5. The summed E-state index contributed by atoms with van der Waals surface area (Å²) in [4.78, 5) is 14.6. The first kappa shape index (κ1) is 18.0. The molecule has 4 heteroatoms. The summed E-state index contributed by atoms with van der Waals surface area (Å²) >= 11 is 0. The molecule has 2 unspecified atom stereocenters. The molecular weight excluding hydrogens is 284 g/mol. The van der Waals surface area contributed by atoms with Gasteiger partial charge in [0, 0.05) is 25.0 Å². The van der Waals surface area contributed by atoms with Crippen LogP contribution < -0.4 is 5.73 Å². The molecule has 2 rings (SSSR count). The first-order chi connectivity index (χ1) is 9.67. The minimum absolute atomic E-state index is 0. The van der Waals surface area contributed by atoms with Gasteiger partial charge in [0.15, 0.2) is 0 Å². The molecule has 0 spiro atoms. The van der Waals surface area contributed by atoms with Crippen molar-refractivity contribution < 1.29 is 4.79 Å². The maximum atomic E-state index is 12.5. The number of fused-ring (bicyclic) bond motifs is 1. The van der Waals surface area contributed by atoms with Gasteiger partial charge in [0.1, 0.15) is 0 Å². The van der Waals surface area contributed by atoms with Crippen molar-refractivity contribution in [1.29, 1.82) is 0 Å². The van der Waals surface area contributed by atoms with Crippen molar-refractivity contribution in [2.24, 2.45) is 11.7 Å². The summed E-state index contributed by atoms with van der Waals surface area (Å²) in [5.41, 5.74) is 8.51. The summed E-state index contributed by atoms with van der Waals surface area (Å²) in [6, 6.07) is 8.94. The minimum atomic E-state index is -0.0706. The molecule has 1 aliphatic carbocycles. The van der Waals surface area contributed by atoms with Crippen LogP contribution in [-0.2, 0) is 17.6 Å². The smallest absolute Gasteiger partial charge is 0.226 e. The normalized spacial score (nSPS) is 18.3. The number of aryl methyl sites for hydroxylation is 1. The first-order valence-electron chi connectivity index (χ1n) is 7.74. The Morgan fingerprint density at radius 1 is 1.38 bits per heavy atom. The van der Waals surface area contributed by atoms with E-state index in [1.165, 1.54) is 11.1 Å². The average molecular weight is 311 g/mol. The fourth-order valence-electron chi connectivity index (χ4n) is 3.04. The third-order valence-corrected chi connectivity index (χ3v) is 4.28. The number of nitrogens with zero attached hydrogens (tertiary/aromatic N) is 1. The molecule has 2 atom stereocenters. The van der Waals surface area contributed by atoms with Crippen molar-refractivity contribution in [3.8, 4) is 0 Å². The van der Waals surface area contributed by atoms with Gasteiger partial charge in [-0.15, -0.1) is 12.4 Å². The highest BCUT2D eigenvalue weighted by molar-refractivity contribution is 5.85. The van der Waals surface area contributed by atoms with E-state index in [0.29, 0.717) is 12.6 Å². The number of benzene rings is 1.